The molecule has 4 nitrogen and oxygen atoms in total. The van der Waals surface area contributed by atoms with Gasteiger partial charge in [-0.2, -0.15) is 5.26 Å². The highest BCUT2D eigenvalue weighted by Gasteiger charge is 2.03. The van der Waals surface area contributed by atoms with Gasteiger partial charge in [0.2, 0.25) is 0 Å². The molecule has 0 aliphatic rings. The number of aryl methyl sites for hydroxylation is 2. The Labute approximate surface area is 105 Å². The highest BCUT2D eigenvalue weighted by molar-refractivity contribution is 5.37. The van der Waals surface area contributed by atoms with Gasteiger partial charge in [0.15, 0.2) is 0 Å². The molecule has 0 aliphatic heterocycles. The number of benzene rings is 1. The van der Waals surface area contributed by atoms with Gasteiger partial charge in [-0.15, -0.1) is 0 Å². The molecule has 0 fully saturated rings. The molecule has 1 aromatic carbocycles. The highest BCUT2D eigenvalue weighted by atomic mass is 16.1. The second kappa shape index (κ2) is 4.84. The summed E-state index contributed by atoms with van der Waals surface area (Å²) in [6.07, 6.45) is 1.55. The van der Waals surface area contributed by atoms with Crippen molar-refractivity contribution >= 4 is 0 Å². The molecule has 0 spiro atoms. The number of aromatic nitrogens is 2. The summed E-state index contributed by atoms with van der Waals surface area (Å²) in [5.74, 6) is 0. The van der Waals surface area contributed by atoms with Crippen LogP contribution in [0, 0.1) is 25.2 Å². The number of hydrogen-bond donors (Lipinski definition) is 0. The summed E-state index contributed by atoms with van der Waals surface area (Å²) in [6, 6.07) is 9.07. The lowest BCUT2D eigenvalue weighted by molar-refractivity contribution is 0.727. The summed E-state index contributed by atoms with van der Waals surface area (Å²) in [7, 11) is 0. The molecule has 1 aromatic heterocycles. The Bertz CT molecular complexity index is 680. The molecule has 0 saturated carbocycles. The smallest absolute Gasteiger partial charge is 0.253 e. The summed E-state index contributed by atoms with van der Waals surface area (Å²) < 4.78 is 1.56. The van der Waals surface area contributed by atoms with E-state index >= 15 is 0 Å². The van der Waals surface area contributed by atoms with Crippen LogP contribution in [0.25, 0.3) is 0 Å². The molecule has 0 bridgehead atoms. The lowest BCUT2D eigenvalue weighted by Crippen LogP contribution is -2.20. The lowest BCUT2D eigenvalue weighted by Gasteiger charge is -2.08. The van der Waals surface area contributed by atoms with Crippen molar-refractivity contribution in [3.8, 4) is 6.07 Å². The van der Waals surface area contributed by atoms with E-state index in [9.17, 15) is 4.79 Å². The van der Waals surface area contributed by atoms with E-state index in [0.717, 1.165) is 11.1 Å². The molecule has 18 heavy (non-hydrogen) atoms. The minimum atomic E-state index is -0.0636. The van der Waals surface area contributed by atoms with Crippen LogP contribution >= 0.6 is 0 Å². The number of nitriles is 1. The van der Waals surface area contributed by atoms with Gasteiger partial charge in [-0.1, -0.05) is 6.07 Å². The first-order valence-electron chi connectivity index (χ1n) is 5.63. The normalized spacial score (nSPS) is 10.1. The van der Waals surface area contributed by atoms with Crippen LogP contribution in [0.15, 0.2) is 35.4 Å². The van der Waals surface area contributed by atoms with Crippen LogP contribution in [0.1, 0.15) is 22.4 Å². The van der Waals surface area contributed by atoms with Gasteiger partial charge in [0.05, 0.1) is 24.5 Å². The Hall–Kier alpha value is -2.41. The van der Waals surface area contributed by atoms with E-state index in [0.29, 0.717) is 17.8 Å². The maximum absolute atomic E-state index is 11.7. The second-order valence-corrected chi connectivity index (χ2v) is 4.25. The Balaban J connectivity index is 2.35. The van der Waals surface area contributed by atoms with Crippen LogP contribution in [0.3, 0.4) is 0 Å². The average Bonchev–Trinajstić information content (AvgIpc) is 2.34. The van der Waals surface area contributed by atoms with E-state index in [1.54, 1.807) is 23.9 Å². The largest absolute Gasteiger partial charge is 0.295 e. The van der Waals surface area contributed by atoms with Crippen LogP contribution in [0.5, 0.6) is 0 Å². The van der Waals surface area contributed by atoms with Crippen molar-refractivity contribution in [3.63, 3.8) is 0 Å². The molecule has 0 atom stereocenters. The molecular weight excluding hydrogens is 226 g/mol. The van der Waals surface area contributed by atoms with Crippen molar-refractivity contribution in [2.75, 3.05) is 0 Å². The van der Waals surface area contributed by atoms with Crippen molar-refractivity contribution < 1.29 is 0 Å². The van der Waals surface area contributed by atoms with E-state index in [2.05, 4.69) is 11.1 Å². The summed E-state index contributed by atoms with van der Waals surface area (Å²) in [5, 5.41) is 8.80. The van der Waals surface area contributed by atoms with Gasteiger partial charge < -0.3 is 0 Å². The first-order chi connectivity index (χ1) is 8.60. The molecule has 2 rings (SSSR count). The molecule has 0 amide bonds. The van der Waals surface area contributed by atoms with Crippen LogP contribution in [-0.4, -0.2) is 9.55 Å². The van der Waals surface area contributed by atoms with Crippen LogP contribution in [-0.2, 0) is 6.54 Å². The van der Waals surface area contributed by atoms with Gasteiger partial charge in [0.25, 0.3) is 5.56 Å². The van der Waals surface area contributed by atoms with Crippen molar-refractivity contribution in [2.24, 2.45) is 0 Å². The Kier molecular flexibility index (Phi) is 3.24. The van der Waals surface area contributed by atoms with E-state index in [-0.39, 0.29) is 5.56 Å². The second-order valence-electron chi connectivity index (χ2n) is 4.25. The maximum Gasteiger partial charge on any atom is 0.253 e. The average molecular weight is 239 g/mol. The quantitative estimate of drug-likeness (QED) is 0.802. The Morgan fingerprint density at radius 1 is 1.33 bits per heavy atom. The molecular formula is C14H13N3O. The first kappa shape index (κ1) is 12.1. The van der Waals surface area contributed by atoms with E-state index < -0.39 is 0 Å². The van der Waals surface area contributed by atoms with Crippen LogP contribution in [0.4, 0.5) is 0 Å². The topological polar surface area (TPSA) is 58.7 Å². The molecule has 2 aromatic rings. The molecule has 0 saturated heterocycles. The third-order valence-corrected chi connectivity index (χ3v) is 2.83. The van der Waals surface area contributed by atoms with Gasteiger partial charge in [-0.05, 0) is 37.1 Å². The van der Waals surface area contributed by atoms with Crippen LogP contribution in [0.2, 0.25) is 0 Å². The fourth-order valence-electron chi connectivity index (χ4n) is 1.76. The van der Waals surface area contributed by atoms with Gasteiger partial charge >= 0.3 is 0 Å². The zero-order chi connectivity index (χ0) is 13.1. The summed E-state index contributed by atoms with van der Waals surface area (Å²) in [4.78, 5) is 15.9. The molecule has 0 unspecified atom stereocenters. The summed E-state index contributed by atoms with van der Waals surface area (Å²) >= 11 is 0. The van der Waals surface area contributed by atoms with Gasteiger partial charge in [0.1, 0.15) is 0 Å². The van der Waals surface area contributed by atoms with E-state index in [1.165, 1.54) is 6.07 Å². The molecule has 1 heterocycles. The van der Waals surface area contributed by atoms with E-state index in [1.807, 2.05) is 19.1 Å². The summed E-state index contributed by atoms with van der Waals surface area (Å²) in [6.45, 7) is 4.20. The monoisotopic (exact) mass is 239 g/mol. The fraction of sp³-hybridized carbons (Fsp3) is 0.214. The SMILES string of the molecule is Cc1cc(=O)n(Cc2ccc(C#N)cc2C)cn1. The van der Waals surface area contributed by atoms with Crippen molar-refractivity contribution in [1.82, 2.24) is 9.55 Å². The van der Waals surface area contributed by atoms with Crippen molar-refractivity contribution in [3.05, 3.63) is 63.3 Å². The van der Waals surface area contributed by atoms with Crippen LogP contribution < -0.4 is 5.56 Å². The zero-order valence-electron chi connectivity index (χ0n) is 10.3. The molecule has 0 N–H and O–H groups in total. The van der Waals surface area contributed by atoms with Gasteiger partial charge in [0, 0.05) is 11.8 Å². The third-order valence-electron chi connectivity index (χ3n) is 2.83. The fourth-order valence-corrected chi connectivity index (χ4v) is 1.76. The number of hydrogen-bond acceptors (Lipinski definition) is 3. The van der Waals surface area contributed by atoms with Gasteiger partial charge in [-0.25, -0.2) is 4.98 Å². The van der Waals surface area contributed by atoms with E-state index in [4.69, 9.17) is 5.26 Å². The molecule has 4 heteroatoms. The minimum Gasteiger partial charge on any atom is -0.295 e. The lowest BCUT2D eigenvalue weighted by atomic mass is 10.1. The Morgan fingerprint density at radius 2 is 2.11 bits per heavy atom. The third kappa shape index (κ3) is 2.46. The number of nitrogens with zero attached hydrogens (tertiary/aromatic N) is 3. The molecule has 90 valence electrons. The minimum absolute atomic E-state index is 0.0636. The van der Waals surface area contributed by atoms with Crippen molar-refractivity contribution in [2.45, 2.75) is 20.4 Å². The molecule has 0 radical (unpaired) electrons. The number of rotatable bonds is 2. The zero-order valence-corrected chi connectivity index (χ0v) is 10.3. The highest BCUT2D eigenvalue weighted by Crippen LogP contribution is 2.11. The standard InChI is InChI=1S/C14H13N3O/c1-10-5-12(7-15)3-4-13(10)8-17-9-16-11(2)6-14(17)18/h3-6,9H,8H2,1-2H3. The molecule has 0 aliphatic carbocycles. The first-order valence-corrected chi connectivity index (χ1v) is 5.63. The summed E-state index contributed by atoms with van der Waals surface area (Å²) in [5.41, 5.74) is 3.30. The predicted molar refractivity (Wildman–Crippen MR) is 68.2 cm³/mol. The van der Waals surface area contributed by atoms with Gasteiger partial charge in [-0.3, -0.25) is 9.36 Å². The predicted octanol–water partition coefficient (Wildman–Crippen LogP) is 1.78. The van der Waals surface area contributed by atoms with Crippen molar-refractivity contribution in [1.29, 1.82) is 5.26 Å². The maximum atomic E-state index is 11.7. The Morgan fingerprint density at radius 3 is 2.72 bits per heavy atom.